The van der Waals surface area contributed by atoms with Gasteiger partial charge in [0.25, 0.3) is 5.56 Å². The van der Waals surface area contributed by atoms with Crippen LogP contribution in [0, 0.1) is 20.8 Å². The summed E-state index contributed by atoms with van der Waals surface area (Å²) in [4.78, 5) is 30.2. The lowest BCUT2D eigenvalue weighted by atomic mass is 10.1. The summed E-state index contributed by atoms with van der Waals surface area (Å²) in [7, 11) is 0. The SMILES string of the molecule is Cc1cc(=O)[nH]c(SCC(=O)Nc2ccc(Br)c(C)c2C)n1. The second-order valence-corrected chi connectivity index (χ2v) is 6.69. The lowest BCUT2D eigenvalue weighted by Crippen LogP contribution is -2.16. The van der Waals surface area contributed by atoms with E-state index in [0.717, 1.165) is 21.3 Å². The molecule has 2 N–H and O–H groups in total. The molecular formula is C15H16BrN3O2S. The topological polar surface area (TPSA) is 74.8 Å². The highest BCUT2D eigenvalue weighted by Gasteiger charge is 2.09. The molecule has 1 amide bonds. The standard InChI is InChI=1S/C15H16BrN3O2S/c1-8-6-13(20)19-15(17-8)22-7-14(21)18-12-5-4-11(16)9(2)10(12)3/h4-6H,7H2,1-3H3,(H,18,21)(H,17,19,20). The van der Waals surface area contributed by atoms with Crippen LogP contribution < -0.4 is 10.9 Å². The number of thioether (sulfide) groups is 1. The number of rotatable bonds is 4. The van der Waals surface area contributed by atoms with Crippen LogP contribution in [0.2, 0.25) is 0 Å². The number of carbonyl (C=O) groups is 1. The summed E-state index contributed by atoms with van der Waals surface area (Å²) >= 11 is 4.66. The lowest BCUT2D eigenvalue weighted by molar-refractivity contribution is -0.113. The molecule has 0 aliphatic heterocycles. The number of aromatic nitrogens is 2. The number of aryl methyl sites for hydroxylation is 1. The highest BCUT2D eigenvalue weighted by Crippen LogP contribution is 2.26. The largest absolute Gasteiger partial charge is 0.325 e. The van der Waals surface area contributed by atoms with E-state index < -0.39 is 0 Å². The molecule has 0 fully saturated rings. The number of nitrogens with zero attached hydrogens (tertiary/aromatic N) is 1. The minimum atomic E-state index is -0.213. The van der Waals surface area contributed by atoms with Crippen molar-refractivity contribution >= 4 is 39.3 Å². The van der Waals surface area contributed by atoms with E-state index in [9.17, 15) is 9.59 Å². The Kier molecular flexibility index (Phi) is 5.42. The van der Waals surface area contributed by atoms with Crippen LogP contribution in [0.1, 0.15) is 16.8 Å². The molecule has 0 unspecified atom stereocenters. The second kappa shape index (κ2) is 7.11. The Labute approximate surface area is 141 Å². The monoisotopic (exact) mass is 381 g/mol. The zero-order valence-corrected chi connectivity index (χ0v) is 14.9. The zero-order chi connectivity index (χ0) is 16.3. The van der Waals surface area contributed by atoms with Gasteiger partial charge < -0.3 is 10.3 Å². The van der Waals surface area contributed by atoms with E-state index in [0.29, 0.717) is 10.9 Å². The van der Waals surface area contributed by atoms with E-state index in [-0.39, 0.29) is 17.2 Å². The van der Waals surface area contributed by atoms with Crippen molar-refractivity contribution in [2.45, 2.75) is 25.9 Å². The zero-order valence-electron chi connectivity index (χ0n) is 12.5. The number of anilines is 1. The van der Waals surface area contributed by atoms with Gasteiger partial charge in [-0.3, -0.25) is 9.59 Å². The van der Waals surface area contributed by atoms with Crippen LogP contribution in [0.4, 0.5) is 5.69 Å². The van der Waals surface area contributed by atoms with E-state index in [1.165, 1.54) is 17.8 Å². The molecule has 1 aromatic carbocycles. The van der Waals surface area contributed by atoms with Crippen LogP contribution in [-0.2, 0) is 4.79 Å². The molecule has 0 bridgehead atoms. The Morgan fingerprint density at radius 3 is 2.73 bits per heavy atom. The van der Waals surface area contributed by atoms with Crippen LogP contribution in [0.25, 0.3) is 0 Å². The Bertz CT molecular complexity index is 774. The maximum atomic E-state index is 12.0. The number of carbonyl (C=O) groups excluding carboxylic acids is 1. The molecular weight excluding hydrogens is 366 g/mol. The van der Waals surface area contributed by atoms with E-state index in [1.54, 1.807) is 6.92 Å². The molecule has 0 aliphatic carbocycles. The predicted octanol–water partition coefficient (Wildman–Crippen LogP) is 3.19. The number of H-pyrrole nitrogens is 1. The number of amides is 1. The number of benzene rings is 1. The van der Waals surface area contributed by atoms with Crippen molar-refractivity contribution in [2.75, 3.05) is 11.1 Å². The van der Waals surface area contributed by atoms with Gasteiger partial charge in [0.15, 0.2) is 5.16 Å². The predicted molar refractivity (Wildman–Crippen MR) is 92.6 cm³/mol. The number of halogens is 1. The third-order valence-electron chi connectivity index (χ3n) is 3.18. The molecule has 116 valence electrons. The molecule has 0 radical (unpaired) electrons. The fourth-order valence-electron chi connectivity index (χ4n) is 1.86. The smallest absolute Gasteiger partial charge is 0.251 e. The quantitative estimate of drug-likeness (QED) is 0.629. The van der Waals surface area contributed by atoms with Gasteiger partial charge in [0.05, 0.1) is 5.75 Å². The first-order chi connectivity index (χ1) is 10.4. The Balaban J connectivity index is 2.02. The summed E-state index contributed by atoms with van der Waals surface area (Å²) < 4.78 is 1.01. The average Bonchev–Trinajstić information content (AvgIpc) is 2.45. The minimum Gasteiger partial charge on any atom is -0.325 e. The third kappa shape index (κ3) is 4.20. The van der Waals surface area contributed by atoms with Crippen molar-refractivity contribution in [1.82, 2.24) is 9.97 Å². The van der Waals surface area contributed by atoms with Gasteiger partial charge in [0.2, 0.25) is 5.91 Å². The summed E-state index contributed by atoms with van der Waals surface area (Å²) in [5.74, 6) is 0.0417. The molecule has 0 aliphatic rings. The first-order valence-corrected chi connectivity index (χ1v) is 8.41. The Morgan fingerprint density at radius 1 is 1.32 bits per heavy atom. The van der Waals surface area contributed by atoms with Crippen LogP contribution in [0.15, 0.2) is 32.6 Å². The number of nitrogens with one attached hydrogen (secondary N) is 2. The van der Waals surface area contributed by atoms with Gasteiger partial charge in [-0.05, 0) is 44.0 Å². The first-order valence-electron chi connectivity index (χ1n) is 6.63. The fraction of sp³-hybridized carbons (Fsp3) is 0.267. The molecule has 0 saturated heterocycles. The van der Waals surface area contributed by atoms with Gasteiger partial charge >= 0.3 is 0 Å². The van der Waals surface area contributed by atoms with Crippen molar-refractivity contribution < 1.29 is 4.79 Å². The van der Waals surface area contributed by atoms with Crippen molar-refractivity contribution in [3.8, 4) is 0 Å². The summed E-state index contributed by atoms with van der Waals surface area (Å²) in [6.45, 7) is 5.70. The highest BCUT2D eigenvalue weighted by atomic mass is 79.9. The van der Waals surface area contributed by atoms with Crippen molar-refractivity contribution in [3.05, 3.63) is 49.8 Å². The van der Waals surface area contributed by atoms with Crippen LogP contribution >= 0.6 is 27.7 Å². The third-order valence-corrected chi connectivity index (χ3v) is 4.92. The molecule has 2 aromatic rings. The van der Waals surface area contributed by atoms with Gasteiger partial charge in [-0.25, -0.2) is 4.98 Å². The summed E-state index contributed by atoms with van der Waals surface area (Å²) in [5.41, 5.74) is 3.32. The second-order valence-electron chi connectivity index (χ2n) is 4.87. The van der Waals surface area contributed by atoms with Crippen LogP contribution in [0.5, 0.6) is 0 Å². The summed E-state index contributed by atoms with van der Waals surface area (Å²) in [6, 6.07) is 5.19. The molecule has 1 aromatic heterocycles. The molecule has 5 nitrogen and oxygen atoms in total. The molecule has 0 spiro atoms. The van der Waals surface area contributed by atoms with Gasteiger partial charge in [0.1, 0.15) is 0 Å². The average molecular weight is 382 g/mol. The summed E-state index contributed by atoms with van der Waals surface area (Å²) in [6.07, 6.45) is 0. The van der Waals surface area contributed by atoms with Gasteiger partial charge in [-0.1, -0.05) is 27.7 Å². The van der Waals surface area contributed by atoms with E-state index in [2.05, 4.69) is 31.2 Å². The van der Waals surface area contributed by atoms with Crippen molar-refractivity contribution in [2.24, 2.45) is 0 Å². The molecule has 0 atom stereocenters. The number of hydrogen-bond donors (Lipinski definition) is 2. The first kappa shape index (κ1) is 16.8. The van der Waals surface area contributed by atoms with Gasteiger partial charge in [-0.2, -0.15) is 0 Å². The molecule has 7 heteroatoms. The maximum Gasteiger partial charge on any atom is 0.251 e. The molecule has 22 heavy (non-hydrogen) atoms. The van der Waals surface area contributed by atoms with Crippen molar-refractivity contribution in [1.29, 1.82) is 0 Å². The minimum absolute atomic E-state index is 0.140. The Morgan fingerprint density at radius 2 is 2.05 bits per heavy atom. The fourth-order valence-corrected chi connectivity index (χ4v) is 3.01. The molecule has 2 rings (SSSR count). The molecule has 1 heterocycles. The van der Waals surface area contributed by atoms with E-state index >= 15 is 0 Å². The lowest BCUT2D eigenvalue weighted by Gasteiger charge is -2.11. The van der Waals surface area contributed by atoms with E-state index in [1.807, 2.05) is 26.0 Å². The highest BCUT2D eigenvalue weighted by molar-refractivity contribution is 9.10. The van der Waals surface area contributed by atoms with Crippen LogP contribution in [0.3, 0.4) is 0 Å². The Hall–Kier alpha value is -1.60. The number of hydrogen-bond acceptors (Lipinski definition) is 4. The molecule has 0 saturated carbocycles. The van der Waals surface area contributed by atoms with Crippen molar-refractivity contribution in [3.63, 3.8) is 0 Å². The van der Waals surface area contributed by atoms with E-state index in [4.69, 9.17) is 0 Å². The maximum absolute atomic E-state index is 12.0. The van der Waals surface area contributed by atoms with Gasteiger partial charge in [-0.15, -0.1) is 0 Å². The van der Waals surface area contributed by atoms with Crippen LogP contribution in [-0.4, -0.2) is 21.6 Å². The normalized spacial score (nSPS) is 10.5. The summed E-state index contributed by atoms with van der Waals surface area (Å²) in [5, 5.41) is 3.33. The number of aromatic amines is 1. The van der Waals surface area contributed by atoms with Gasteiger partial charge in [0, 0.05) is 21.9 Å².